The summed E-state index contributed by atoms with van der Waals surface area (Å²) in [4.78, 5) is 30.8. The van der Waals surface area contributed by atoms with Crippen molar-refractivity contribution in [3.63, 3.8) is 0 Å². The standard InChI is InChI=1S/C24H25ClN4O2/c1-15-5-10-19-18(11-15)21-22(29(19)13-20(30)27-24(2,3)4)23(31)28(14-26-21)12-16-6-8-17(25)9-7-16/h5-11,14H,12-13H2,1-4H3,(H,27,30). The summed E-state index contributed by atoms with van der Waals surface area (Å²) in [5, 5.41) is 4.49. The van der Waals surface area contributed by atoms with Gasteiger partial charge in [-0.25, -0.2) is 4.98 Å². The minimum absolute atomic E-state index is 0.0439. The number of benzene rings is 2. The lowest BCUT2D eigenvalue weighted by Crippen LogP contribution is -2.42. The molecule has 0 fully saturated rings. The van der Waals surface area contributed by atoms with Gasteiger partial charge < -0.3 is 9.88 Å². The summed E-state index contributed by atoms with van der Waals surface area (Å²) in [5.41, 5.74) is 3.32. The number of nitrogens with one attached hydrogen (secondary N) is 1. The van der Waals surface area contributed by atoms with Gasteiger partial charge in [-0.2, -0.15) is 0 Å². The fourth-order valence-corrected chi connectivity index (χ4v) is 3.90. The van der Waals surface area contributed by atoms with E-state index < -0.39 is 0 Å². The fourth-order valence-electron chi connectivity index (χ4n) is 3.78. The average Bonchev–Trinajstić information content (AvgIpc) is 2.97. The molecule has 1 amide bonds. The first-order valence-electron chi connectivity index (χ1n) is 10.2. The molecule has 0 bridgehead atoms. The highest BCUT2D eigenvalue weighted by Gasteiger charge is 2.20. The smallest absolute Gasteiger partial charge is 0.278 e. The minimum atomic E-state index is -0.362. The van der Waals surface area contributed by atoms with Crippen LogP contribution < -0.4 is 10.9 Å². The second-order valence-electron chi connectivity index (χ2n) is 8.91. The van der Waals surface area contributed by atoms with Gasteiger partial charge in [0.1, 0.15) is 17.6 Å². The van der Waals surface area contributed by atoms with Crippen LogP contribution in [0.5, 0.6) is 0 Å². The predicted molar refractivity (Wildman–Crippen MR) is 125 cm³/mol. The Bertz CT molecular complexity index is 1340. The van der Waals surface area contributed by atoms with Gasteiger partial charge in [-0.15, -0.1) is 0 Å². The maximum atomic E-state index is 13.5. The maximum Gasteiger partial charge on any atom is 0.278 e. The van der Waals surface area contributed by atoms with E-state index >= 15 is 0 Å². The third-order valence-electron chi connectivity index (χ3n) is 5.06. The summed E-state index contributed by atoms with van der Waals surface area (Å²) in [6.45, 7) is 8.20. The van der Waals surface area contributed by atoms with Crippen LogP contribution in [0.25, 0.3) is 21.9 Å². The molecule has 2 aromatic heterocycles. The summed E-state index contributed by atoms with van der Waals surface area (Å²) in [6.07, 6.45) is 1.57. The zero-order valence-electron chi connectivity index (χ0n) is 18.1. The zero-order valence-corrected chi connectivity index (χ0v) is 18.8. The molecule has 0 aliphatic heterocycles. The van der Waals surface area contributed by atoms with Crippen molar-refractivity contribution in [3.8, 4) is 0 Å². The third kappa shape index (κ3) is 4.35. The van der Waals surface area contributed by atoms with Crippen molar-refractivity contribution in [2.24, 2.45) is 0 Å². The van der Waals surface area contributed by atoms with Crippen LogP contribution in [0.15, 0.2) is 53.6 Å². The molecule has 0 unspecified atom stereocenters. The lowest BCUT2D eigenvalue weighted by atomic mass is 10.1. The first-order valence-corrected chi connectivity index (χ1v) is 10.5. The summed E-state index contributed by atoms with van der Waals surface area (Å²) in [6, 6.07) is 13.3. The number of amides is 1. The number of aryl methyl sites for hydroxylation is 1. The van der Waals surface area contributed by atoms with Crippen LogP contribution in [-0.4, -0.2) is 25.6 Å². The van der Waals surface area contributed by atoms with Gasteiger partial charge in [0.2, 0.25) is 5.91 Å². The Morgan fingerprint density at radius 3 is 2.52 bits per heavy atom. The van der Waals surface area contributed by atoms with Gasteiger partial charge in [0, 0.05) is 15.9 Å². The molecule has 0 spiro atoms. The number of aromatic nitrogens is 3. The Morgan fingerprint density at radius 1 is 1.13 bits per heavy atom. The van der Waals surface area contributed by atoms with Crippen LogP contribution in [0, 0.1) is 6.92 Å². The topological polar surface area (TPSA) is 68.9 Å². The van der Waals surface area contributed by atoms with Gasteiger partial charge in [-0.3, -0.25) is 14.2 Å². The quantitative estimate of drug-likeness (QED) is 0.519. The fraction of sp³-hybridized carbons (Fsp3) is 0.292. The number of carbonyl (C=O) groups excluding carboxylic acids is 1. The van der Waals surface area contributed by atoms with Gasteiger partial charge in [-0.1, -0.05) is 35.4 Å². The van der Waals surface area contributed by atoms with E-state index in [-0.39, 0.29) is 23.6 Å². The van der Waals surface area contributed by atoms with E-state index in [1.165, 1.54) is 0 Å². The molecule has 7 heteroatoms. The van der Waals surface area contributed by atoms with Crippen LogP contribution >= 0.6 is 11.6 Å². The maximum absolute atomic E-state index is 13.5. The molecule has 4 rings (SSSR count). The Labute approximate surface area is 185 Å². The Balaban J connectivity index is 1.87. The van der Waals surface area contributed by atoms with E-state index in [1.807, 2.05) is 58.0 Å². The highest BCUT2D eigenvalue weighted by atomic mass is 35.5. The summed E-state index contributed by atoms with van der Waals surface area (Å²) in [5.74, 6) is -0.153. The molecule has 0 aliphatic carbocycles. The normalized spacial score (nSPS) is 11.9. The molecular formula is C24H25ClN4O2. The van der Waals surface area contributed by atoms with Gasteiger partial charge in [0.05, 0.1) is 18.4 Å². The van der Waals surface area contributed by atoms with Crippen molar-refractivity contribution in [3.05, 3.63) is 75.3 Å². The Hall–Kier alpha value is -3.12. The molecule has 2 aromatic carbocycles. The molecule has 0 radical (unpaired) electrons. The van der Waals surface area contributed by atoms with Gasteiger partial charge in [-0.05, 0) is 57.5 Å². The van der Waals surface area contributed by atoms with Crippen LogP contribution in [0.3, 0.4) is 0 Å². The molecule has 31 heavy (non-hydrogen) atoms. The first kappa shape index (κ1) is 21.1. The number of halogens is 1. The van der Waals surface area contributed by atoms with Crippen LogP contribution in [0.1, 0.15) is 31.9 Å². The second-order valence-corrected chi connectivity index (χ2v) is 9.34. The molecular weight excluding hydrogens is 412 g/mol. The van der Waals surface area contributed by atoms with E-state index in [1.54, 1.807) is 27.6 Å². The number of fused-ring (bicyclic) bond motifs is 3. The Morgan fingerprint density at radius 2 is 1.84 bits per heavy atom. The summed E-state index contributed by atoms with van der Waals surface area (Å²) in [7, 11) is 0. The van der Waals surface area contributed by atoms with E-state index in [0.29, 0.717) is 22.6 Å². The van der Waals surface area contributed by atoms with Crippen LogP contribution in [0.2, 0.25) is 5.02 Å². The van der Waals surface area contributed by atoms with Crippen LogP contribution in [-0.2, 0) is 17.9 Å². The predicted octanol–water partition coefficient (Wildman–Crippen LogP) is 4.28. The highest BCUT2D eigenvalue weighted by Crippen LogP contribution is 2.26. The number of hydrogen-bond donors (Lipinski definition) is 1. The van der Waals surface area contributed by atoms with Crippen molar-refractivity contribution in [1.29, 1.82) is 0 Å². The Kier molecular flexibility index (Phi) is 5.35. The molecule has 6 nitrogen and oxygen atoms in total. The molecule has 1 N–H and O–H groups in total. The number of nitrogens with zero attached hydrogens (tertiary/aromatic N) is 3. The lowest BCUT2D eigenvalue weighted by molar-refractivity contribution is -0.122. The van der Waals surface area contributed by atoms with Gasteiger partial charge in [0.15, 0.2) is 0 Å². The number of carbonyl (C=O) groups is 1. The van der Waals surface area contributed by atoms with Crippen LogP contribution in [0.4, 0.5) is 0 Å². The second kappa shape index (κ2) is 7.85. The molecule has 4 aromatic rings. The molecule has 160 valence electrons. The lowest BCUT2D eigenvalue weighted by Gasteiger charge is -2.21. The van der Waals surface area contributed by atoms with E-state index in [4.69, 9.17) is 11.6 Å². The third-order valence-corrected chi connectivity index (χ3v) is 5.32. The molecule has 0 aliphatic rings. The minimum Gasteiger partial charge on any atom is -0.350 e. The molecule has 0 saturated carbocycles. The summed E-state index contributed by atoms with van der Waals surface area (Å²) < 4.78 is 3.34. The molecule has 0 atom stereocenters. The van der Waals surface area contributed by atoms with Crippen molar-refractivity contribution in [1.82, 2.24) is 19.4 Å². The molecule has 2 heterocycles. The average molecular weight is 437 g/mol. The van der Waals surface area contributed by atoms with Gasteiger partial charge in [0.25, 0.3) is 5.56 Å². The SMILES string of the molecule is Cc1ccc2c(c1)c1ncn(Cc3ccc(Cl)cc3)c(=O)c1n2CC(=O)NC(C)(C)C. The van der Waals surface area contributed by atoms with E-state index in [9.17, 15) is 9.59 Å². The number of hydrogen-bond acceptors (Lipinski definition) is 3. The van der Waals surface area contributed by atoms with E-state index in [0.717, 1.165) is 22.0 Å². The van der Waals surface area contributed by atoms with Gasteiger partial charge >= 0.3 is 0 Å². The first-order chi connectivity index (χ1) is 14.6. The molecule has 0 saturated heterocycles. The monoisotopic (exact) mass is 436 g/mol. The van der Waals surface area contributed by atoms with Crippen molar-refractivity contribution in [2.45, 2.75) is 46.3 Å². The van der Waals surface area contributed by atoms with Crippen molar-refractivity contribution >= 4 is 39.4 Å². The van der Waals surface area contributed by atoms with Crippen molar-refractivity contribution in [2.75, 3.05) is 0 Å². The largest absolute Gasteiger partial charge is 0.350 e. The van der Waals surface area contributed by atoms with E-state index in [2.05, 4.69) is 10.3 Å². The number of rotatable bonds is 4. The van der Waals surface area contributed by atoms with Crippen molar-refractivity contribution < 1.29 is 4.79 Å². The summed E-state index contributed by atoms with van der Waals surface area (Å²) >= 11 is 5.97. The zero-order chi connectivity index (χ0) is 22.3. The highest BCUT2D eigenvalue weighted by molar-refractivity contribution is 6.30.